The minimum absolute atomic E-state index is 0.0593. The summed E-state index contributed by atoms with van der Waals surface area (Å²) >= 11 is 1.31. The lowest BCUT2D eigenvalue weighted by molar-refractivity contribution is -0.147. The van der Waals surface area contributed by atoms with Gasteiger partial charge in [-0.05, 0) is 40.8 Å². The molecule has 0 spiro atoms. The van der Waals surface area contributed by atoms with Crippen molar-refractivity contribution in [1.29, 1.82) is 5.26 Å². The number of ether oxygens (including phenoxy) is 1. The molecule has 7 heteroatoms. The van der Waals surface area contributed by atoms with E-state index >= 15 is 0 Å². The Balaban J connectivity index is 1.51. The largest absolute Gasteiger partial charge is 0.459 e. The van der Waals surface area contributed by atoms with Crippen LogP contribution in [0.2, 0.25) is 0 Å². The van der Waals surface area contributed by atoms with Gasteiger partial charge >= 0.3 is 5.97 Å². The molecule has 0 saturated carbocycles. The maximum atomic E-state index is 12.9. The number of thiophene rings is 1. The SMILES string of the molecule is N#Cc1ccc(COC(=O)C(Cc2c[nH]c3ccccc23)NC(=O)c2cccs2)cc1. The van der Waals surface area contributed by atoms with E-state index in [1.54, 1.807) is 36.4 Å². The van der Waals surface area contributed by atoms with Crippen molar-refractivity contribution in [2.75, 3.05) is 0 Å². The molecule has 0 fully saturated rings. The fourth-order valence-electron chi connectivity index (χ4n) is 3.28. The molecule has 0 aliphatic carbocycles. The van der Waals surface area contributed by atoms with Crippen LogP contribution in [0.4, 0.5) is 0 Å². The topological polar surface area (TPSA) is 95.0 Å². The van der Waals surface area contributed by atoms with Crippen molar-refractivity contribution in [3.05, 3.63) is 93.8 Å². The van der Waals surface area contributed by atoms with Crippen LogP contribution in [0.3, 0.4) is 0 Å². The Hall–Kier alpha value is -3.89. The monoisotopic (exact) mass is 429 g/mol. The van der Waals surface area contributed by atoms with Crippen molar-refractivity contribution in [2.24, 2.45) is 0 Å². The zero-order valence-electron chi connectivity index (χ0n) is 16.5. The maximum Gasteiger partial charge on any atom is 0.329 e. The molecule has 6 nitrogen and oxygen atoms in total. The molecule has 2 aromatic carbocycles. The summed E-state index contributed by atoms with van der Waals surface area (Å²) in [7, 11) is 0. The molecule has 1 amide bonds. The van der Waals surface area contributed by atoms with E-state index in [1.807, 2.05) is 35.8 Å². The van der Waals surface area contributed by atoms with Crippen LogP contribution < -0.4 is 5.32 Å². The van der Waals surface area contributed by atoms with E-state index in [0.717, 1.165) is 22.0 Å². The van der Waals surface area contributed by atoms with Gasteiger partial charge in [-0.15, -0.1) is 11.3 Å². The van der Waals surface area contributed by atoms with E-state index in [-0.39, 0.29) is 12.5 Å². The van der Waals surface area contributed by atoms with E-state index in [2.05, 4.69) is 16.4 Å². The zero-order chi connectivity index (χ0) is 21.6. The second-order valence-corrected chi connectivity index (χ2v) is 7.93. The quantitative estimate of drug-likeness (QED) is 0.431. The predicted molar refractivity (Wildman–Crippen MR) is 119 cm³/mol. The lowest BCUT2D eigenvalue weighted by atomic mass is 10.0. The first-order chi connectivity index (χ1) is 15.1. The van der Waals surface area contributed by atoms with Gasteiger partial charge in [-0.1, -0.05) is 36.4 Å². The molecule has 0 saturated heterocycles. The Kier molecular flexibility index (Phi) is 6.11. The number of nitrogens with zero attached hydrogens (tertiary/aromatic N) is 1. The fraction of sp³-hybridized carbons (Fsp3) is 0.125. The number of aromatic nitrogens is 1. The first-order valence-corrected chi connectivity index (χ1v) is 10.6. The van der Waals surface area contributed by atoms with Crippen LogP contribution >= 0.6 is 11.3 Å². The summed E-state index contributed by atoms with van der Waals surface area (Å²) in [4.78, 5) is 29.2. The summed E-state index contributed by atoms with van der Waals surface area (Å²) in [5.41, 5.74) is 3.19. The third kappa shape index (κ3) is 4.82. The van der Waals surface area contributed by atoms with E-state index < -0.39 is 12.0 Å². The number of hydrogen-bond acceptors (Lipinski definition) is 5. The van der Waals surface area contributed by atoms with Gasteiger partial charge in [0.25, 0.3) is 5.91 Å². The molecule has 0 aliphatic rings. The van der Waals surface area contributed by atoms with E-state index in [1.165, 1.54) is 11.3 Å². The number of nitrogens with one attached hydrogen (secondary N) is 2. The molecule has 0 radical (unpaired) electrons. The lowest BCUT2D eigenvalue weighted by Gasteiger charge is -2.17. The minimum Gasteiger partial charge on any atom is -0.459 e. The highest BCUT2D eigenvalue weighted by molar-refractivity contribution is 7.12. The third-order valence-corrected chi connectivity index (χ3v) is 5.77. The second-order valence-electron chi connectivity index (χ2n) is 6.98. The Morgan fingerprint density at radius 1 is 1.10 bits per heavy atom. The maximum absolute atomic E-state index is 12.9. The number of benzene rings is 2. The normalized spacial score (nSPS) is 11.6. The number of H-pyrrole nitrogens is 1. The van der Waals surface area contributed by atoms with E-state index in [9.17, 15) is 9.59 Å². The van der Waals surface area contributed by atoms with Crippen LogP contribution in [0.5, 0.6) is 0 Å². The van der Waals surface area contributed by atoms with Gasteiger partial charge in [-0.2, -0.15) is 5.26 Å². The number of para-hydroxylation sites is 1. The van der Waals surface area contributed by atoms with Crippen LogP contribution in [0.15, 0.2) is 72.2 Å². The van der Waals surface area contributed by atoms with Crippen molar-refractivity contribution >= 4 is 34.1 Å². The van der Waals surface area contributed by atoms with Gasteiger partial charge in [0.2, 0.25) is 0 Å². The lowest BCUT2D eigenvalue weighted by Crippen LogP contribution is -2.43. The predicted octanol–water partition coefficient (Wildman–Crippen LogP) is 4.19. The summed E-state index contributed by atoms with van der Waals surface area (Å²) in [5.74, 6) is -0.824. The average Bonchev–Trinajstić information content (AvgIpc) is 3.48. The molecule has 1 atom stereocenters. The highest BCUT2D eigenvalue weighted by atomic mass is 32.1. The van der Waals surface area contributed by atoms with Crippen molar-refractivity contribution in [1.82, 2.24) is 10.3 Å². The van der Waals surface area contributed by atoms with E-state index in [0.29, 0.717) is 16.9 Å². The molecular weight excluding hydrogens is 410 g/mol. The highest BCUT2D eigenvalue weighted by Crippen LogP contribution is 2.20. The molecule has 4 rings (SSSR count). The number of amides is 1. The van der Waals surface area contributed by atoms with Crippen LogP contribution in [0.25, 0.3) is 10.9 Å². The van der Waals surface area contributed by atoms with Crippen molar-refractivity contribution < 1.29 is 14.3 Å². The van der Waals surface area contributed by atoms with Crippen molar-refractivity contribution in [3.8, 4) is 6.07 Å². The smallest absolute Gasteiger partial charge is 0.329 e. The number of carbonyl (C=O) groups is 2. The Labute approximate surface area is 183 Å². The molecular formula is C24H19N3O3S. The van der Waals surface area contributed by atoms with E-state index in [4.69, 9.17) is 10.00 Å². The molecule has 154 valence electrons. The minimum atomic E-state index is -0.841. The Morgan fingerprint density at radius 2 is 1.90 bits per heavy atom. The number of hydrogen-bond donors (Lipinski definition) is 2. The Morgan fingerprint density at radius 3 is 2.65 bits per heavy atom. The molecule has 31 heavy (non-hydrogen) atoms. The number of rotatable bonds is 7. The first-order valence-electron chi connectivity index (χ1n) is 9.69. The molecule has 1 unspecified atom stereocenters. The molecule has 0 bridgehead atoms. The fourth-order valence-corrected chi connectivity index (χ4v) is 3.91. The van der Waals surface area contributed by atoms with Crippen LogP contribution in [0, 0.1) is 11.3 Å². The third-order valence-electron chi connectivity index (χ3n) is 4.90. The van der Waals surface area contributed by atoms with Gasteiger partial charge in [-0.3, -0.25) is 4.79 Å². The molecule has 4 aromatic rings. The summed E-state index contributed by atoms with van der Waals surface area (Å²) in [6.45, 7) is 0.0593. The van der Waals surface area contributed by atoms with Gasteiger partial charge in [0, 0.05) is 23.5 Å². The van der Waals surface area contributed by atoms with Crippen molar-refractivity contribution in [3.63, 3.8) is 0 Å². The van der Waals surface area contributed by atoms with Gasteiger partial charge in [0.15, 0.2) is 0 Å². The summed E-state index contributed by atoms with van der Waals surface area (Å²) in [6, 6.07) is 19.3. The second kappa shape index (κ2) is 9.28. The summed E-state index contributed by atoms with van der Waals surface area (Å²) < 4.78 is 5.50. The van der Waals surface area contributed by atoms with Gasteiger partial charge in [0.1, 0.15) is 12.6 Å². The van der Waals surface area contributed by atoms with Gasteiger partial charge in [0.05, 0.1) is 16.5 Å². The molecule has 2 N–H and O–H groups in total. The molecule has 2 aromatic heterocycles. The number of carbonyl (C=O) groups excluding carboxylic acids is 2. The van der Waals surface area contributed by atoms with Crippen LogP contribution in [0.1, 0.15) is 26.4 Å². The zero-order valence-corrected chi connectivity index (χ0v) is 17.3. The van der Waals surface area contributed by atoms with Crippen molar-refractivity contribution in [2.45, 2.75) is 19.1 Å². The standard InChI is InChI=1S/C24H19N3O3S/c25-13-16-7-9-17(10-8-16)15-30-24(29)21(27-23(28)22-6-3-11-31-22)12-18-14-26-20-5-2-1-4-19(18)20/h1-11,14,21,26H,12,15H2,(H,27,28). The number of fused-ring (bicyclic) bond motifs is 1. The highest BCUT2D eigenvalue weighted by Gasteiger charge is 2.25. The number of nitriles is 1. The van der Waals surface area contributed by atoms with Crippen LogP contribution in [-0.4, -0.2) is 22.9 Å². The number of esters is 1. The molecule has 0 aliphatic heterocycles. The average molecular weight is 430 g/mol. The summed E-state index contributed by atoms with van der Waals surface area (Å²) in [6.07, 6.45) is 2.15. The van der Waals surface area contributed by atoms with Crippen LogP contribution in [-0.2, 0) is 22.6 Å². The van der Waals surface area contributed by atoms with Gasteiger partial charge in [-0.25, -0.2) is 4.79 Å². The first kappa shape index (κ1) is 20.4. The van der Waals surface area contributed by atoms with Gasteiger partial charge < -0.3 is 15.0 Å². The molecule has 2 heterocycles. The summed E-state index contributed by atoms with van der Waals surface area (Å²) in [5, 5.41) is 14.5. The number of aromatic amines is 1. The Bertz CT molecular complexity index is 1240.